The molecular formula is C26H46O3. The van der Waals surface area contributed by atoms with Crippen molar-refractivity contribution in [1.82, 2.24) is 0 Å². The second-order valence-corrected chi connectivity index (χ2v) is 10.1. The van der Waals surface area contributed by atoms with Gasteiger partial charge in [-0.3, -0.25) is 0 Å². The fraction of sp³-hybridized carbons (Fsp3) is 0.885. The van der Waals surface area contributed by atoms with E-state index in [1.54, 1.807) is 6.92 Å². The zero-order chi connectivity index (χ0) is 21.1. The molecular weight excluding hydrogens is 360 g/mol. The van der Waals surface area contributed by atoms with E-state index in [1.807, 2.05) is 0 Å². The van der Waals surface area contributed by atoms with E-state index >= 15 is 0 Å². The number of aliphatic hydroxyl groups is 1. The molecule has 0 bridgehead atoms. The third-order valence-electron chi connectivity index (χ3n) is 7.73. The molecule has 1 atom stereocenters. The smallest absolute Gasteiger partial charge is 0.333 e. The van der Waals surface area contributed by atoms with Crippen LogP contribution in [0.4, 0.5) is 0 Å². The Labute approximate surface area is 179 Å². The zero-order valence-electron chi connectivity index (χ0n) is 19.2. The van der Waals surface area contributed by atoms with Crippen LogP contribution in [0.3, 0.4) is 0 Å². The highest BCUT2D eigenvalue weighted by Gasteiger charge is 2.29. The average Bonchev–Trinajstić information content (AvgIpc) is 2.74. The van der Waals surface area contributed by atoms with Crippen molar-refractivity contribution in [2.75, 3.05) is 13.2 Å². The summed E-state index contributed by atoms with van der Waals surface area (Å²) in [5.74, 6) is 3.10. The molecule has 2 saturated carbocycles. The zero-order valence-corrected chi connectivity index (χ0v) is 19.2. The molecule has 3 heteroatoms. The lowest BCUT2D eigenvalue weighted by molar-refractivity contribution is -0.141. The number of rotatable bonds is 12. The third-order valence-corrected chi connectivity index (χ3v) is 7.73. The molecule has 0 amide bonds. The van der Waals surface area contributed by atoms with Gasteiger partial charge < -0.3 is 9.84 Å². The molecule has 0 aromatic rings. The van der Waals surface area contributed by atoms with Crippen molar-refractivity contribution in [2.24, 2.45) is 29.6 Å². The predicted molar refractivity (Wildman–Crippen MR) is 121 cm³/mol. The van der Waals surface area contributed by atoms with Gasteiger partial charge in [0.2, 0.25) is 0 Å². The van der Waals surface area contributed by atoms with E-state index in [1.165, 1.54) is 89.9 Å². The van der Waals surface area contributed by atoms with Crippen molar-refractivity contribution in [3.8, 4) is 0 Å². The van der Waals surface area contributed by atoms with Gasteiger partial charge in [0.05, 0.1) is 6.61 Å². The van der Waals surface area contributed by atoms with Gasteiger partial charge in [0.1, 0.15) is 0 Å². The predicted octanol–water partition coefficient (Wildman–Crippen LogP) is 6.69. The molecule has 2 fully saturated rings. The number of carbonyl (C=O) groups excluding carboxylic acids is 1. The molecule has 0 heterocycles. The minimum Gasteiger partial charge on any atom is -0.462 e. The molecule has 1 N–H and O–H groups in total. The van der Waals surface area contributed by atoms with E-state index in [0.29, 0.717) is 18.1 Å². The molecule has 0 aromatic heterocycles. The standard InChI is InChI=1S/C26H46O3/c1-4-5-6-7-21-8-10-22(11-9-21)12-13-23-14-16-24(17-15-23)25(18-27)19-29-26(28)20(2)3/h21-25,27H,2,4-19H2,1,3H3. The van der Waals surface area contributed by atoms with E-state index in [4.69, 9.17) is 4.74 Å². The first-order valence-corrected chi connectivity index (χ1v) is 12.5. The lowest BCUT2D eigenvalue weighted by atomic mass is 9.72. The van der Waals surface area contributed by atoms with Crippen LogP contribution in [0.25, 0.3) is 0 Å². The van der Waals surface area contributed by atoms with Gasteiger partial charge in [-0.1, -0.05) is 90.6 Å². The van der Waals surface area contributed by atoms with E-state index in [9.17, 15) is 9.90 Å². The summed E-state index contributed by atoms with van der Waals surface area (Å²) in [6.45, 7) is 8.03. The maximum Gasteiger partial charge on any atom is 0.333 e. The number of carbonyl (C=O) groups is 1. The second-order valence-electron chi connectivity index (χ2n) is 10.1. The summed E-state index contributed by atoms with van der Waals surface area (Å²) in [5.41, 5.74) is 0.431. The summed E-state index contributed by atoms with van der Waals surface area (Å²) >= 11 is 0. The molecule has 168 valence electrons. The number of unbranched alkanes of at least 4 members (excludes halogenated alkanes) is 2. The molecule has 0 saturated heterocycles. The van der Waals surface area contributed by atoms with Crippen LogP contribution in [0.5, 0.6) is 0 Å². The average molecular weight is 407 g/mol. The Hall–Kier alpha value is -0.830. The Morgan fingerprint density at radius 1 is 0.931 bits per heavy atom. The van der Waals surface area contributed by atoms with Crippen molar-refractivity contribution in [3.63, 3.8) is 0 Å². The van der Waals surface area contributed by atoms with E-state index < -0.39 is 0 Å². The second kappa shape index (κ2) is 13.5. The first-order valence-electron chi connectivity index (χ1n) is 12.5. The Balaban J connectivity index is 1.59. The van der Waals surface area contributed by atoms with Crippen LogP contribution in [-0.2, 0) is 9.53 Å². The molecule has 29 heavy (non-hydrogen) atoms. The van der Waals surface area contributed by atoms with Gasteiger partial charge in [-0.2, -0.15) is 0 Å². The van der Waals surface area contributed by atoms with Crippen LogP contribution < -0.4 is 0 Å². The molecule has 0 aliphatic heterocycles. The summed E-state index contributed by atoms with van der Waals surface area (Å²) in [5, 5.41) is 9.74. The Kier molecular flexibility index (Phi) is 11.4. The Bertz CT molecular complexity index is 470. The number of esters is 1. The van der Waals surface area contributed by atoms with Gasteiger partial charge in [0.15, 0.2) is 0 Å². The van der Waals surface area contributed by atoms with Gasteiger partial charge in [0.25, 0.3) is 0 Å². The monoisotopic (exact) mass is 406 g/mol. The highest BCUT2D eigenvalue weighted by Crippen LogP contribution is 2.39. The van der Waals surface area contributed by atoms with E-state index in [0.717, 1.165) is 17.8 Å². The SMILES string of the molecule is C=C(C)C(=O)OCC(CO)C1CCC(CCC2CCC(CCCCC)CC2)CC1. The molecule has 1 unspecified atom stereocenters. The van der Waals surface area contributed by atoms with Crippen molar-refractivity contribution in [1.29, 1.82) is 0 Å². The van der Waals surface area contributed by atoms with Crippen molar-refractivity contribution in [3.05, 3.63) is 12.2 Å². The molecule has 2 aliphatic rings. The maximum absolute atomic E-state index is 11.6. The maximum atomic E-state index is 11.6. The summed E-state index contributed by atoms with van der Waals surface area (Å²) in [6.07, 6.45) is 19.3. The van der Waals surface area contributed by atoms with Crippen LogP contribution >= 0.6 is 0 Å². The van der Waals surface area contributed by atoms with Crippen molar-refractivity contribution >= 4 is 5.97 Å². The highest BCUT2D eigenvalue weighted by atomic mass is 16.5. The summed E-state index contributed by atoms with van der Waals surface area (Å²) in [7, 11) is 0. The van der Waals surface area contributed by atoms with E-state index in [2.05, 4.69) is 13.5 Å². The van der Waals surface area contributed by atoms with Gasteiger partial charge in [0, 0.05) is 18.1 Å². The number of aliphatic hydroxyl groups excluding tert-OH is 1. The molecule has 0 spiro atoms. The van der Waals surface area contributed by atoms with Gasteiger partial charge in [-0.05, 0) is 43.4 Å². The number of hydrogen-bond acceptors (Lipinski definition) is 3. The van der Waals surface area contributed by atoms with Gasteiger partial charge in [-0.15, -0.1) is 0 Å². The molecule has 2 aliphatic carbocycles. The highest BCUT2D eigenvalue weighted by molar-refractivity contribution is 5.86. The quantitative estimate of drug-likeness (QED) is 0.223. The minimum atomic E-state index is -0.336. The van der Waals surface area contributed by atoms with Crippen LogP contribution in [0.2, 0.25) is 0 Å². The summed E-state index contributed by atoms with van der Waals surface area (Å²) in [4.78, 5) is 11.6. The molecule has 0 radical (unpaired) electrons. The summed E-state index contributed by atoms with van der Waals surface area (Å²) < 4.78 is 5.30. The lowest BCUT2D eigenvalue weighted by Gasteiger charge is -2.34. The van der Waals surface area contributed by atoms with Gasteiger partial charge in [-0.25, -0.2) is 4.79 Å². The largest absolute Gasteiger partial charge is 0.462 e. The van der Waals surface area contributed by atoms with Gasteiger partial charge >= 0.3 is 5.97 Å². The third kappa shape index (κ3) is 8.82. The number of hydrogen-bond donors (Lipinski definition) is 1. The number of ether oxygens (including phenoxy) is 1. The first-order chi connectivity index (χ1) is 14.0. The molecule has 3 nitrogen and oxygen atoms in total. The van der Waals surface area contributed by atoms with Crippen molar-refractivity contribution in [2.45, 2.75) is 104 Å². The molecule has 2 rings (SSSR count). The van der Waals surface area contributed by atoms with E-state index in [-0.39, 0.29) is 18.5 Å². The first kappa shape index (κ1) is 24.4. The van der Waals surface area contributed by atoms with Crippen molar-refractivity contribution < 1.29 is 14.6 Å². The van der Waals surface area contributed by atoms with Crippen LogP contribution in [0, 0.1) is 29.6 Å². The Morgan fingerprint density at radius 2 is 1.45 bits per heavy atom. The summed E-state index contributed by atoms with van der Waals surface area (Å²) in [6, 6.07) is 0. The minimum absolute atomic E-state index is 0.0854. The van der Waals surface area contributed by atoms with Crippen LogP contribution in [-0.4, -0.2) is 24.3 Å². The Morgan fingerprint density at radius 3 is 1.93 bits per heavy atom. The fourth-order valence-electron chi connectivity index (χ4n) is 5.56. The van der Waals surface area contributed by atoms with Crippen LogP contribution in [0.1, 0.15) is 104 Å². The van der Waals surface area contributed by atoms with Crippen LogP contribution in [0.15, 0.2) is 12.2 Å². The molecule has 0 aromatic carbocycles. The lowest BCUT2D eigenvalue weighted by Crippen LogP contribution is -2.29. The fourth-order valence-corrected chi connectivity index (χ4v) is 5.56. The topological polar surface area (TPSA) is 46.5 Å². The normalized spacial score (nSPS) is 28.7.